The normalized spacial score (nSPS) is 16.8. The zero-order chi connectivity index (χ0) is 12.3. The maximum Gasteiger partial charge on any atom is 0.293 e. The van der Waals surface area contributed by atoms with E-state index in [4.69, 9.17) is 11.6 Å². The van der Waals surface area contributed by atoms with Crippen molar-refractivity contribution < 1.29 is 0 Å². The smallest absolute Gasteiger partial charge is 0.293 e. The summed E-state index contributed by atoms with van der Waals surface area (Å²) < 4.78 is 1.68. The lowest BCUT2D eigenvalue weighted by Crippen LogP contribution is -2.27. The third-order valence-electron chi connectivity index (χ3n) is 2.98. The monoisotopic (exact) mass is 255 g/mol. The topological polar surface area (TPSA) is 46.9 Å². The Labute approximate surface area is 106 Å². The third kappa shape index (κ3) is 3.22. The van der Waals surface area contributed by atoms with Crippen molar-refractivity contribution in [3.05, 3.63) is 22.7 Å². The molecule has 1 unspecified atom stereocenters. The minimum Gasteiger partial charge on any atom is -0.364 e. The van der Waals surface area contributed by atoms with E-state index in [-0.39, 0.29) is 10.9 Å². The minimum atomic E-state index is -0.0611. The van der Waals surface area contributed by atoms with Gasteiger partial charge in [0.05, 0.1) is 5.38 Å². The molecule has 1 aromatic heterocycles. The van der Waals surface area contributed by atoms with Gasteiger partial charge in [0.2, 0.25) is 0 Å². The van der Waals surface area contributed by atoms with Crippen molar-refractivity contribution in [3.63, 3.8) is 0 Å². The zero-order valence-corrected chi connectivity index (χ0v) is 10.8. The number of aryl methyl sites for hydroxylation is 1. The van der Waals surface area contributed by atoms with Gasteiger partial charge in [0, 0.05) is 25.5 Å². The molecule has 0 aliphatic heterocycles. The first kappa shape index (κ1) is 12.4. The summed E-state index contributed by atoms with van der Waals surface area (Å²) >= 11 is 6.18. The molecule has 0 saturated heterocycles. The van der Waals surface area contributed by atoms with Crippen LogP contribution < -0.4 is 10.9 Å². The molecule has 1 aliphatic carbocycles. The Morgan fingerprint density at radius 3 is 3.06 bits per heavy atom. The number of hydrogen-bond donors (Lipinski definition) is 1. The van der Waals surface area contributed by atoms with Gasteiger partial charge in [0.25, 0.3) is 5.56 Å². The summed E-state index contributed by atoms with van der Waals surface area (Å²) in [6, 6.07) is 0. The van der Waals surface area contributed by atoms with Gasteiger partial charge >= 0.3 is 0 Å². The van der Waals surface area contributed by atoms with Crippen LogP contribution in [0.5, 0.6) is 0 Å². The number of hydrogen-bond acceptors (Lipinski definition) is 3. The molecule has 4 nitrogen and oxygen atoms in total. The highest BCUT2D eigenvalue weighted by Gasteiger charge is 2.29. The van der Waals surface area contributed by atoms with E-state index in [1.165, 1.54) is 12.8 Å². The molecular formula is C12H18ClN3O. The van der Waals surface area contributed by atoms with E-state index < -0.39 is 0 Å². The Morgan fingerprint density at radius 2 is 2.41 bits per heavy atom. The third-order valence-corrected chi connectivity index (χ3v) is 3.49. The number of nitrogens with one attached hydrogen (secondary N) is 1. The molecule has 1 atom stereocenters. The molecule has 0 spiro atoms. The number of aromatic nitrogens is 2. The molecule has 0 radical (unpaired) electrons. The van der Waals surface area contributed by atoms with Crippen molar-refractivity contribution >= 4 is 17.4 Å². The second-order valence-electron chi connectivity index (χ2n) is 4.51. The van der Waals surface area contributed by atoms with E-state index in [1.807, 2.05) is 6.92 Å². The Morgan fingerprint density at radius 1 is 1.65 bits per heavy atom. The lowest BCUT2D eigenvalue weighted by atomic mass is 10.3. The molecule has 0 bridgehead atoms. The Bertz CT molecular complexity index is 428. The van der Waals surface area contributed by atoms with Crippen LogP contribution in [0.4, 0.5) is 5.82 Å². The van der Waals surface area contributed by atoms with E-state index in [0.29, 0.717) is 18.3 Å². The standard InChI is InChI=1S/C12H18ClN3O/c1-2-6-16-7-5-14-11(12(16)17)15-8-10(13)9-3-4-9/h5,7,9-10H,2-4,6,8H2,1H3,(H,14,15). The first-order valence-electron chi connectivity index (χ1n) is 6.15. The molecule has 0 aromatic carbocycles. The first-order chi connectivity index (χ1) is 8.22. The minimum absolute atomic E-state index is 0.0611. The predicted octanol–water partition coefficient (Wildman–Crippen LogP) is 2.08. The molecule has 5 heteroatoms. The van der Waals surface area contributed by atoms with Gasteiger partial charge in [-0.3, -0.25) is 4.79 Å². The molecule has 2 rings (SSSR count). The second-order valence-corrected chi connectivity index (χ2v) is 5.07. The highest BCUT2D eigenvalue weighted by atomic mass is 35.5. The van der Waals surface area contributed by atoms with Crippen LogP contribution in [0, 0.1) is 5.92 Å². The highest BCUT2D eigenvalue weighted by Crippen LogP contribution is 2.35. The second kappa shape index (κ2) is 5.54. The summed E-state index contributed by atoms with van der Waals surface area (Å²) in [4.78, 5) is 16.0. The molecule has 0 amide bonds. The summed E-state index contributed by atoms with van der Waals surface area (Å²) in [7, 11) is 0. The lowest BCUT2D eigenvalue weighted by molar-refractivity contribution is 0.648. The average molecular weight is 256 g/mol. The Hall–Kier alpha value is -1.03. The zero-order valence-electron chi connectivity index (χ0n) is 10.0. The first-order valence-corrected chi connectivity index (χ1v) is 6.59. The number of alkyl halides is 1. The average Bonchev–Trinajstić information content (AvgIpc) is 3.14. The fourth-order valence-electron chi connectivity index (χ4n) is 1.80. The van der Waals surface area contributed by atoms with Crippen molar-refractivity contribution in [2.75, 3.05) is 11.9 Å². The Kier molecular flexibility index (Phi) is 4.05. The number of anilines is 1. The van der Waals surface area contributed by atoms with Crippen LogP contribution in [0.2, 0.25) is 0 Å². The van der Waals surface area contributed by atoms with Gasteiger partial charge in [-0.1, -0.05) is 6.92 Å². The van der Waals surface area contributed by atoms with Crippen LogP contribution in [0.1, 0.15) is 26.2 Å². The van der Waals surface area contributed by atoms with Gasteiger partial charge in [-0.05, 0) is 25.2 Å². The maximum atomic E-state index is 12.0. The quantitative estimate of drug-likeness (QED) is 0.792. The molecule has 1 aliphatic rings. The van der Waals surface area contributed by atoms with Gasteiger partial charge in [-0.25, -0.2) is 4.98 Å². The number of halogens is 1. The molecular weight excluding hydrogens is 238 g/mol. The fourth-order valence-corrected chi connectivity index (χ4v) is 2.13. The predicted molar refractivity (Wildman–Crippen MR) is 69.6 cm³/mol. The van der Waals surface area contributed by atoms with Crippen molar-refractivity contribution in [2.45, 2.75) is 38.1 Å². The lowest BCUT2D eigenvalue weighted by Gasteiger charge is -2.11. The van der Waals surface area contributed by atoms with Crippen molar-refractivity contribution in [2.24, 2.45) is 5.92 Å². The van der Waals surface area contributed by atoms with E-state index in [2.05, 4.69) is 10.3 Å². The van der Waals surface area contributed by atoms with E-state index >= 15 is 0 Å². The van der Waals surface area contributed by atoms with Crippen LogP contribution in [0.3, 0.4) is 0 Å². The van der Waals surface area contributed by atoms with Crippen LogP contribution in [0.25, 0.3) is 0 Å². The van der Waals surface area contributed by atoms with Crippen molar-refractivity contribution in [1.29, 1.82) is 0 Å². The van der Waals surface area contributed by atoms with Crippen molar-refractivity contribution in [3.8, 4) is 0 Å². The molecule has 94 valence electrons. The largest absolute Gasteiger partial charge is 0.364 e. The van der Waals surface area contributed by atoms with Gasteiger partial charge in [0.15, 0.2) is 5.82 Å². The number of rotatable bonds is 6. The van der Waals surface area contributed by atoms with Gasteiger partial charge < -0.3 is 9.88 Å². The molecule has 1 saturated carbocycles. The number of nitrogens with zero attached hydrogens (tertiary/aromatic N) is 2. The van der Waals surface area contributed by atoms with E-state index in [1.54, 1.807) is 17.0 Å². The fraction of sp³-hybridized carbons (Fsp3) is 0.667. The summed E-state index contributed by atoms with van der Waals surface area (Å²) in [5.74, 6) is 1.03. The van der Waals surface area contributed by atoms with Crippen LogP contribution in [-0.4, -0.2) is 21.5 Å². The van der Waals surface area contributed by atoms with Gasteiger partial charge in [-0.15, -0.1) is 11.6 Å². The summed E-state index contributed by atoms with van der Waals surface area (Å²) in [6.07, 6.45) is 6.72. The summed E-state index contributed by atoms with van der Waals surface area (Å²) in [5.41, 5.74) is -0.0611. The van der Waals surface area contributed by atoms with E-state index in [9.17, 15) is 4.79 Å². The summed E-state index contributed by atoms with van der Waals surface area (Å²) in [6.45, 7) is 3.38. The summed E-state index contributed by atoms with van der Waals surface area (Å²) in [5, 5.41) is 3.16. The van der Waals surface area contributed by atoms with E-state index in [0.717, 1.165) is 13.0 Å². The molecule has 1 N–H and O–H groups in total. The molecule has 1 aromatic rings. The SMILES string of the molecule is CCCn1ccnc(NCC(Cl)C2CC2)c1=O. The van der Waals surface area contributed by atoms with Crippen LogP contribution in [-0.2, 0) is 6.54 Å². The highest BCUT2D eigenvalue weighted by molar-refractivity contribution is 6.21. The molecule has 1 heterocycles. The van der Waals surface area contributed by atoms with Crippen molar-refractivity contribution in [1.82, 2.24) is 9.55 Å². The molecule has 1 fully saturated rings. The maximum absolute atomic E-state index is 12.0. The van der Waals surface area contributed by atoms with Gasteiger partial charge in [-0.2, -0.15) is 0 Å². The van der Waals surface area contributed by atoms with Crippen LogP contribution >= 0.6 is 11.6 Å². The van der Waals surface area contributed by atoms with Gasteiger partial charge in [0.1, 0.15) is 0 Å². The molecule has 17 heavy (non-hydrogen) atoms. The van der Waals surface area contributed by atoms with Crippen LogP contribution in [0.15, 0.2) is 17.2 Å². The Balaban J connectivity index is 1.99.